The van der Waals surface area contributed by atoms with Crippen molar-refractivity contribution in [2.24, 2.45) is 5.92 Å². The van der Waals surface area contributed by atoms with E-state index in [4.69, 9.17) is 21.1 Å². The van der Waals surface area contributed by atoms with Gasteiger partial charge in [0.1, 0.15) is 5.75 Å². The number of amides is 1. The van der Waals surface area contributed by atoms with Crippen LogP contribution in [0.1, 0.15) is 39.5 Å². The number of carbonyl (C=O) groups excluding carboxylic acids is 1. The van der Waals surface area contributed by atoms with E-state index in [1.165, 1.54) is 0 Å². The van der Waals surface area contributed by atoms with Crippen LogP contribution in [0.25, 0.3) is 0 Å². The molecule has 0 unspecified atom stereocenters. The minimum absolute atomic E-state index is 0.219. The highest BCUT2D eigenvalue weighted by molar-refractivity contribution is 6.30. The van der Waals surface area contributed by atoms with Gasteiger partial charge in [-0.2, -0.15) is 0 Å². The number of hydrogen-bond acceptors (Lipinski definition) is 3. The van der Waals surface area contributed by atoms with Gasteiger partial charge in [-0.3, -0.25) is 4.79 Å². The maximum absolute atomic E-state index is 12.2. The molecule has 2 rings (SSSR count). The third kappa shape index (κ3) is 6.70. The summed E-state index contributed by atoms with van der Waals surface area (Å²) in [6.45, 7) is 7.27. The lowest BCUT2D eigenvalue weighted by Gasteiger charge is -2.32. The summed E-state index contributed by atoms with van der Waals surface area (Å²) in [5.74, 6) is 1.57. The highest BCUT2D eigenvalue weighted by atomic mass is 35.5. The highest BCUT2D eigenvalue weighted by Crippen LogP contribution is 2.17. The maximum atomic E-state index is 12.2. The highest BCUT2D eigenvalue weighted by Gasteiger charge is 2.22. The molecule has 1 saturated heterocycles. The minimum Gasteiger partial charge on any atom is -0.494 e. The van der Waals surface area contributed by atoms with E-state index in [9.17, 15) is 4.79 Å². The van der Waals surface area contributed by atoms with Gasteiger partial charge in [-0.15, -0.1) is 0 Å². The van der Waals surface area contributed by atoms with Crippen LogP contribution in [-0.2, 0) is 9.53 Å². The van der Waals surface area contributed by atoms with E-state index >= 15 is 0 Å². The molecule has 0 spiro atoms. The largest absolute Gasteiger partial charge is 0.494 e. The number of ether oxygens (including phenoxy) is 2. The summed E-state index contributed by atoms with van der Waals surface area (Å²) < 4.78 is 11.5. The Bertz CT molecular complexity index is 496. The fourth-order valence-electron chi connectivity index (χ4n) is 2.70. The Balaban J connectivity index is 1.59. The predicted octanol–water partition coefficient (Wildman–Crippen LogP) is 4.16. The van der Waals surface area contributed by atoms with Crippen LogP contribution < -0.4 is 4.74 Å². The maximum Gasteiger partial charge on any atom is 0.222 e. The Labute approximate surface area is 150 Å². The lowest BCUT2D eigenvalue weighted by molar-refractivity contribution is -0.134. The number of rotatable bonds is 8. The summed E-state index contributed by atoms with van der Waals surface area (Å²) in [6.07, 6.45) is 3.46. The topological polar surface area (TPSA) is 38.8 Å². The van der Waals surface area contributed by atoms with Crippen molar-refractivity contribution in [3.05, 3.63) is 29.3 Å². The van der Waals surface area contributed by atoms with E-state index in [1.54, 1.807) is 12.1 Å². The fraction of sp³-hybridized carbons (Fsp3) is 0.632. The van der Waals surface area contributed by atoms with Crippen molar-refractivity contribution < 1.29 is 14.3 Å². The number of likely N-dealkylation sites (tertiary alicyclic amines) is 1. The quantitative estimate of drug-likeness (QED) is 0.658. The number of piperidine rings is 1. The summed E-state index contributed by atoms with van der Waals surface area (Å²) >= 11 is 5.83. The number of benzene rings is 1. The summed E-state index contributed by atoms with van der Waals surface area (Å²) in [7, 11) is 0. The minimum atomic E-state index is 0.219. The van der Waals surface area contributed by atoms with Gasteiger partial charge < -0.3 is 14.4 Å². The molecule has 1 aliphatic heterocycles. The Kier molecular flexibility index (Phi) is 7.86. The standard InChI is InChI=1S/C19H28ClNO3/c1-15(2)14-24-18-9-11-21(12-10-18)19(22)4-3-13-23-17-7-5-16(20)6-8-17/h5-8,15,18H,3-4,9-14H2,1-2H3. The smallest absolute Gasteiger partial charge is 0.222 e. The summed E-state index contributed by atoms with van der Waals surface area (Å²) in [6, 6.07) is 7.28. The van der Waals surface area contributed by atoms with Crippen LogP contribution in [0.4, 0.5) is 0 Å². The van der Waals surface area contributed by atoms with Crippen LogP contribution in [-0.4, -0.2) is 43.2 Å². The monoisotopic (exact) mass is 353 g/mol. The lowest BCUT2D eigenvalue weighted by Crippen LogP contribution is -2.41. The molecule has 0 aliphatic carbocycles. The summed E-state index contributed by atoms with van der Waals surface area (Å²) in [5, 5.41) is 0.693. The lowest BCUT2D eigenvalue weighted by atomic mass is 10.1. The second kappa shape index (κ2) is 9.90. The van der Waals surface area contributed by atoms with Crippen molar-refractivity contribution in [3.8, 4) is 5.75 Å². The van der Waals surface area contributed by atoms with Gasteiger partial charge in [-0.05, 0) is 49.4 Å². The zero-order valence-electron chi connectivity index (χ0n) is 14.7. The zero-order chi connectivity index (χ0) is 17.4. The first kappa shape index (κ1) is 19.1. The first-order valence-corrected chi connectivity index (χ1v) is 9.20. The van der Waals surface area contributed by atoms with Crippen molar-refractivity contribution in [1.82, 2.24) is 4.90 Å². The molecule has 1 heterocycles. The molecule has 1 aromatic rings. The third-order valence-electron chi connectivity index (χ3n) is 4.08. The van der Waals surface area contributed by atoms with Gasteiger partial charge in [0.05, 0.1) is 12.7 Å². The van der Waals surface area contributed by atoms with E-state index in [2.05, 4.69) is 13.8 Å². The van der Waals surface area contributed by atoms with E-state index < -0.39 is 0 Å². The molecule has 1 amide bonds. The van der Waals surface area contributed by atoms with Crippen LogP contribution in [0.5, 0.6) is 5.75 Å². The predicted molar refractivity (Wildman–Crippen MR) is 96.6 cm³/mol. The van der Waals surface area contributed by atoms with Gasteiger partial charge in [0.25, 0.3) is 0 Å². The van der Waals surface area contributed by atoms with Crippen molar-refractivity contribution >= 4 is 17.5 Å². The Hall–Kier alpha value is -1.26. The Morgan fingerprint density at radius 3 is 2.54 bits per heavy atom. The van der Waals surface area contributed by atoms with Gasteiger partial charge in [0.2, 0.25) is 5.91 Å². The average Bonchev–Trinajstić information content (AvgIpc) is 2.58. The van der Waals surface area contributed by atoms with Gasteiger partial charge in [0, 0.05) is 31.1 Å². The second-order valence-electron chi connectivity index (χ2n) is 6.71. The van der Waals surface area contributed by atoms with Crippen molar-refractivity contribution in [2.75, 3.05) is 26.3 Å². The molecular weight excluding hydrogens is 326 g/mol. The van der Waals surface area contributed by atoms with Crippen LogP contribution in [0.15, 0.2) is 24.3 Å². The van der Waals surface area contributed by atoms with Crippen molar-refractivity contribution in [3.63, 3.8) is 0 Å². The number of hydrogen-bond donors (Lipinski definition) is 0. The normalized spacial score (nSPS) is 15.8. The Morgan fingerprint density at radius 1 is 1.25 bits per heavy atom. The first-order chi connectivity index (χ1) is 11.5. The zero-order valence-corrected chi connectivity index (χ0v) is 15.4. The van der Waals surface area contributed by atoms with Crippen LogP contribution in [0.3, 0.4) is 0 Å². The van der Waals surface area contributed by atoms with Crippen LogP contribution >= 0.6 is 11.6 Å². The van der Waals surface area contributed by atoms with E-state index in [1.807, 2.05) is 17.0 Å². The molecule has 0 aromatic heterocycles. The second-order valence-corrected chi connectivity index (χ2v) is 7.15. The van der Waals surface area contributed by atoms with E-state index in [0.717, 1.165) is 44.7 Å². The SMILES string of the molecule is CC(C)COC1CCN(C(=O)CCCOc2ccc(Cl)cc2)CC1. The Morgan fingerprint density at radius 2 is 1.92 bits per heavy atom. The van der Waals surface area contributed by atoms with E-state index in [0.29, 0.717) is 30.1 Å². The molecule has 0 saturated carbocycles. The van der Waals surface area contributed by atoms with Gasteiger partial charge >= 0.3 is 0 Å². The molecule has 0 N–H and O–H groups in total. The van der Waals surface area contributed by atoms with Crippen LogP contribution in [0.2, 0.25) is 5.02 Å². The third-order valence-corrected chi connectivity index (χ3v) is 4.33. The number of halogens is 1. The van der Waals surface area contributed by atoms with Gasteiger partial charge in [-0.25, -0.2) is 0 Å². The van der Waals surface area contributed by atoms with Gasteiger partial charge in [-0.1, -0.05) is 25.4 Å². The molecule has 24 heavy (non-hydrogen) atoms. The van der Waals surface area contributed by atoms with E-state index in [-0.39, 0.29) is 5.91 Å². The van der Waals surface area contributed by atoms with Crippen LogP contribution in [0, 0.1) is 5.92 Å². The molecule has 1 aromatic carbocycles. The molecule has 1 aliphatic rings. The van der Waals surface area contributed by atoms with Crippen molar-refractivity contribution in [1.29, 1.82) is 0 Å². The number of nitrogens with zero attached hydrogens (tertiary/aromatic N) is 1. The first-order valence-electron chi connectivity index (χ1n) is 8.82. The average molecular weight is 354 g/mol. The molecular formula is C19H28ClNO3. The summed E-state index contributed by atoms with van der Waals surface area (Å²) in [5.41, 5.74) is 0. The molecule has 0 atom stereocenters. The summed E-state index contributed by atoms with van der Waals surface area (Å²) in [4.78, 5) is 14.2. The number of carbonyl (C=O) groups is 1. The molecule has 0 bridgehead atoms. The molecule has 5 heteroatoms. The van der Waals surface area contributed by atoms with Crippen molar-refractivity contribution in [2.45, 2.75) is 45.6 Å². The molecule has 4 nitrogen and oxygen atoms in total. The molecule has 1 fully saturated rings. The van der Waals surface area contributed by atoms with Gasteiger partial charge in [0.15, 0.2) is 0 Å². The molecule has 0 radical (unpaired) electrons. The fourth-order valence-corrected chi connectivity index (χ4v) is 2.83. The molecule has 134 valence electrons.